The van der Waals surface area contributed by atoms with Crippen molar-refractivity contribution in [2.75, 3.05) is 0 Å². The molecule has 0 amide bonds. The second kappa shape index (κ2) is 5.34. The van der Waals surface area contributed by atoms with E-state index in [-0.39, 0.29) is 0 Å². The van der Waals surface area contributed by atoms with Gasteiger partial charge in [-0.2, -0.15) is 0 Å². The Morgan fingerprint density at radius 2 is 1.12 bits per heavy atom. The van der Waals surface area contributed by atoms with Gasteiger partial charge in [0.25, 0.3) is 0 Å². The molecule has 0 aliphatic rings. The summed E-state index contributed by atoms with van der Waals surface area (Å²) in [6.07, 6.45) is 0.494. The van der Waals surface area contributed by atoms with Gasteiger partial charge in [-0.15, -0.1) is 0 Å². The van der Waals surface area contributed by atoms with Gasteiger partial charge in [0.1, 0.15) is 0 Å². The van der Waals surface area contributed by atoms with E-state index in [1.165, 1.54) is 0 Å². The maximum atomic E-state index is 8.74. The van der Waals surface area contributed by atoms with Gasteiger partial charge in [0.15, 0.2) is 11.5 Å². The minimum atomic E-state index is 0.389. The van der Waals surface area contributed by atoms with Crippen LogP contribution < -0.4 is 9.78 Å². The van der Waals surface area contributed by atoms with Gasteiger partial charge in [-0.25, -0.2) is 10.5 Å². The van der Waals surface area contributed by atoms with Crippen LogP contribution in [0, 0.1) is 0 Å². The highest BCUT2D eigenvalue weighted by Crippen LogP contribution is 2.25. The molecule has 2 rings (SSSR count). The number of hydrogen-bond donors (Lipinski definition) is 2. The fourth-order valence-corrected chi connectivity index (χ4v) is 1.68. The van der Waals surface area contributed by atoms with Gasteiger partial charge in [0.2, 0.25) is 0 Å². The summed E-state index contributed by atoms with van der Waals surface area (Å²) in [5.41, 5.74) is 1.61. The largest absolute Gasteiger partial charge is 0.340 e. The van der Waals surface area contributed by atoms with Crippen LogP contribution in [0.5, 0.6) is 11.5 Å². The topological polar surface area (TPSA) is 58.9 Å². The Kier molecular flexibility index (Phi) is 3.59. The lowest BCUT2D eigenvalue weighted by Crippen LogP contribution is -1.96. The highest BCUT2D eigenvalue weighted by Gasteiger charge is 2.08. The van der Waals surface area contributed by atoms with E-state index >= 15 is 0 Å². The molecule has 0 saturated heterocycles. The van der Waals surface area contributed by atoms with E-state index in [0.29, 0.717) is 17.9 Å². The van der Waals surface area contributed by atoms with Crippen molar-refractivity contribution in [3.8, 4) is 11.5 Å². The Morgan fingerprint density at radius 3 is 1.53 bits per heavy atom. The average molecular weight is 232 g/mol. The lowest BCUT2D eigenvalue weighted by atomic mass is 10.0. The van der Waals surface area contributed by atoms with E-state index in [0.717, 1.165) is 11.1 Å². The Bertz CT molecular complexity index is 451. The molecule has 0 aliphatic carbocycles. The predicted molar refractivity (Wildman–Crippen MR) is 62.2 cm³/mol. The van der Waals surface area contributed by atoms with Crippen molar-refractivity contribution in [2.45, 2.75) is 6.42 Å². The van der Waals surface area contributed by atoms with Crippen LogP contribution in [0.3, 0.4) is 0 Å². The standard InChI is InChI=1S/C13H12O4/c14-16-12-7-3-1-5-10(12)9-11-6-2-4-8-13(11)17-15/h1-8,14-15H,9H2. The predicted octanol–water partition coefficient (Wildman–Crippen LogP) is 2.98. The van der Waals surface area contributed by atoms with Crippen molar-refractivity contribution in [1.29, 1.82) is 0 Å². The Hall–Kier alpha value is -2.04. The molecule has 88 valence electrons. The van der Waals surface area contributed by atoms with E-state index in [9.17, 15) is 0 Å². The van der Waals surface area contributed by atoms with E-state index in [1.54, 1.807) is 24.3 Å². The molecule has 0 aromatic heterocycles. The number of rotatable bonds is 4. The van der Waals surface area contributed by atoms with Crippen LogP contribution in [-0.4, -0.2) is 10.5 Å². The third kappa shape index (κ3) is 2.55. The molecule has 2 aromatic carbocycles. The quantitative estimate of drug-likeness (QED) is 0.628. The third-order valence-corrected chi connectivity index (χ3v) is 2.52. The van der Waals surface area contributed by atoms with Gasteiger partial charge in [0, 0.05) is 17.5 Å². The molecule has 0 fully saturated rings. The molecule has 0 atom stereocenters. The molecule has 4 nitrogen and oxygen atoms in total. The van der Waals surface area contributed by atoms with Gasteiger partial charge >= 0.3 is 0 Å². The van der Waals surface area contributed by atoms with Crippen LogP contribution in [0.15, 0.2) is 48.5 Å². The van der Waals surface area contributed by atoms with E-state index in [4.69, 9.17) is 10.5 Å². The molecular formula is C13H12O4. The van der Waals surface area contributed by atoms with Crippen LogP contribution in [0.4, 0.5) is 0 Å². The van der Waals surface area contributed by atoms with Crippen LogP contribution in [0.2, 0.25) is 0 Å². The summed E-state index contributed by atoms with van der Waals surface area (Å²) in [7, 11) is 0. The number of benzene rings is 2. The third-order valence-electron chi connectivity index (χ3n) is 2.52. The van der Waals surface area contributed by atoms with Crippen molar-refractivity contribution in [2.24, 2.45) is 0 Å². The summed E-state index contributed by atoms with van der Waals surface area (Å²) >= 11 is 0. The molecule has 0 heterocycles. The van der Waals surface area contributed by atoms with Gasteiger partial charge in [-0.05, 0) is 12.1 Å². The zero-order valence-corrected chi connectivity index (χ0v) is 9.04. The second-order valence-corrected chi connectivity index (χ2v) is 3.57. The lowest BCUT2D eigenvalue weighted by molar-refractivity contribution is -0.139. The van der Waals surface area contributed by atoms with Crippen molar-refractivity contribution in [1.82, 2.24) is 0 Å². The Morgan fingerprint density at radius 1 is 0.706 bits per heavy atom. The summed E-state index contributed by atoms with van der Waals surface area (Å²) in [5.74, 6) is 0.778. The van der Waals surface area contributed by atoms with Gasteiger partial charge in [-0.1, -0.05) is 36.4 Å². The molecule has 2 aromatic rings. The summed E-state index contributed by atoms with van der Waals surface area (Å²) in [5, 5.41) is 17.5. The molecule has 2 N–H and O–H groups in total. The molecule has 4 heteroatoms. The summed E-state index contributed by atoms with van der Waals surface area (Å²) in [4.78, 5) is 8.58. The fraction of sp³-hybridized carbons (Fsp3) is 0.0769. The summed E-state index contributed by atoms with van der Waals surface area (Å²) in [6.45, 7) is 0. The van der Waals surface area contributed by atoms with Crippen LogP contribution in [0.25, 0.3) is 0 Å². The molecule has 0 spiro atoms. The maximum absolute atomic E-state index is 8.74. The van der Waals surface area contributed by atoms with Gasteiger partial charge in [-0.3, -0.25) is 0 Å². The average Bonchev–Trinajstić information content (AvgIpc) is 2.40. The first kappa shape index (κ1) is 11.4. The van der Waals surface area contributed by atoms with Crippen LogP contribution >= 0.6 is 0 Å². The monoisotopic (exact) mass is 232 g/mol. The fourth-order valence-electron chi connectivity index (χ4n) is 1.68. The van der Waals surface area contributed by atoms with Crippen molar-refractivity contribution in [3.63, 3.8) is 0 Å². The van der Waals surface area contributed by atoms with Gasteiger partial charge < -0.3 is 9.78 Å². The first-order valence-corrected chi connectivity index (χ1v) is 5.14. The Labute approximate surface area is 98.5 Å². The minimum Gasteiger partial charge on any atom is -0.340 e. The molecule has 0 saturated carbocycles. The van der Waals surface area contributed by atoms with Crippen molar-refractivity contribution < 1.29 is 20.3 Å². The molecule has 0 radical (unpaired) electrons. The molecule has 0 bridgehead atoms. The SMILES string of the molecule is OOc1ccccc1Cc1ccccc1OO. The van der Waals surface area contributed by atoms with Crippen LogP contribution in [0.1, 0.15) is 11.1 Å². The molecule has 17 heavy (non-hydrogen) atoms. The first-order chi connectivity index (χ1) is 8.35. The normalized spacial score (nSPS) is 10.0. The molecule has 0 aliphatic heterocycles. The summed E-state index contributed by atoms with van der Waals surface area (Å²) < 4.78 is 0. The maximum Gasteiger partial charge on any atom is 0.168 e. The van der Waals surface area contributed by atoms with Crippen LogP contribution in [-0.2, 0) is 6.42 Å². The second-order valence-electron chi connectivity index (χ2n) is 3.57. The highest BCUT2D eigenvalue weighted by atomic mass is 17.1. The first-order valence-electron chi connectivity index (χ1n) is 5.14. The minimum absolute atomic E-state index is 0.389. The summed E-state index contributed by atoms with van der Waals surface area (Å²) in [6, 6.07) is 14.2. The van der Waals surface area contributed by atoms with E-state index in [1.807, 2.05) is 24.3 Å². The van der Waals surface area contributed by atoms with Crippen molar-refractivity contribution in [3.05, 3.63) is 59.7 Å². The van der Waals surface area contributed by atoms with E-state index in [2.05, 4.69) is 9.78 Å². The zero-order chi connectivity index (χ0) is 12.1. The lowest BCUT2D eigenvalue weighted by Gasteiger charge is -2.08. The highest BCUT2D eigenvalue weighted by molar-refractivity contribution is 5.41. The number of para-hydroxylation sites is 2. The number of hydrogen-bond acceptors (Lipinski definition) is 4. The van der Waals surface area contributed by atoms with Gasteiger partial charge in [0.05, 0.1) is 0 Å². The molecular weight excluding hydrogens is 220 g/mol. The zero-order valence-electron chi connectivity index (χ0n) is 9.04. The smallest absolute Gasteiger partial charge is 0.168 e. The van der Waals surface area contributed by atoms with Crippen molar-refractivity contribution >= 4 is 0 Å². The molecule has 0 unspecified atom stereocenters. The van der Waals surface area contributed by atoms with E-state index < -0.39 is 0 Å². The Balaban J connectivity index is 2.31.